The SMILES string of the molecule is CC(C)Oc1cc(CCNC(=O)OC(C)(C)C)cc(CO[Si](c2ccccc2)(c2ccccc2)C(C)(C)C)c1CCC(=O)OC(C)(C)C. The molecule has 0 fully saturated rings. The molecule has 0 atom stereocenters. The van der Waals surface area contributed by atoms with E-state index in [-0.39, 0.29) is 23.5 Å². The van der Waals surface area contributed by atoms with Crippen molar-refractivity contribution in [3.8, 4) is 5.75 Å². The van der Waals surface area contributed by atoms with Gasteiger partial charge in [0.25, 0.3) is 8.32 Å². The third-order valence-corrected chi connectivity index (χ3v) is 12.6. The van der Waals surface area contributed by atoms with Gasteiger partial charge < -0.3 is 24.0 Å². The predicted molar refractivity (Wildman–Crippen MR) is 197 cm³/mol. The van der Waals surface area contributed by atoms with E-state index in [9.17, 15) is 9.59 Å². The van der Waals surface area contributed by atoms with E-state index < -0.39 is 25.6 Å². The number of nitrogens with one attached hydrogen (secondary N) is 1. The van der Waals surface area contributed by atoms with Crippen molar-refractivity contribution in [1.29, 1.82) is 0 Å². The molecule has 0 saturated heterocycles. The number of carbonyl (C=O) groups excluding carboxylic acids is 2. The van der Waals surface area contributed by atoms with Gasteiger partial charge in [0.2, 0.25) is 0 Å². The maximum absolute atomic E-state index is 12.9. The quantitative estimate of drug-likeness (QED) is 0.147. The number of esters is 1. The molecule has 0 unspecified atom stereocenters. The van der Waals surface area contributed by atoms with Crippen molar-refractivity contribution in [3.05, 3.63) is 89.5 Å². The molecule has 3 aromatic rings. The molecule has 0 aliphatic heterocycles. The second kappa shape index (κ2) is 16.2. The Morgan fingerprint density at radius 1 is 0.750 bits per heavy atom. The number of carbonyl (C=O) groups is 2. The Balaban J connectivity index is 2.10. The number of hydrogen-bond acceptors (Lipinski definition) is 6. The normalized spacial score (nSPS) is 12.5. The van der Waals surface area contributed by atoms with E-state index in [0.29, 0.717) is 31.7 Å². The van der Waals surface area contributed by atoms with Gasteiger partial charge in [0, 0.05) is 18.5 Å². The summed E-state index contributed by atoms with van der Waals surface area (Å²) in [6, 6.07) is 25.3. The Hall–Kier alpha value is -3.62. The second-order valence-electron chi connectivity index (χ2n) is 15.6. The fourth-order valence-corrected chi connectivity index (χ4v) is 10.4. The summed E-state index contributed by atoms with van der Waals surface area (Å²) in [5, 5.41) is 5.05. The van der Waals surface area contributed by atoms with Crippen LogP contribution in [0.25, 0.3) is 0 Å². The van der Waals surface area contributed by atoms with Crippen molar-refractivity contribution in [2.24, 2.45) is 0 Å². The second-order valence-corrected chi connectivity index (χ2v) is 19.9. The summed E-state index contributed by atoms with van der Waals surface area (Å²) in [5.41, 5.74) is 1.72. The first-order valence-corrected chi connectivity index (χ1v) is 19.0. The van der Waals surface area contributed by atoms with Crippen molar-refractivity contribution in [2.75, 3.05) is 6.54 Å². The summed E-state index contributed by atoms with van der Waals surface area (Å²) < 4.78 is 24.9. The Kier molecular flexibility index (Phi) is 13.1. The van der Waals surface area contributed by atoms with Gasteiger partial charge in [0.1, 0.15) is 17.0 Å². The molecule has 262 valence electrons. The molecule has 1 N–H and O–H groups in total. The molecule has 0 aromatic heterocycles. The lowest BCUT2D eigenvalue weighted by Gasteiger charge is -2.43. The van der Waals surface area contributed by atoms with Crippen molar-refractivity contribution in [2.45, 2.75) is 124 Å². The molecule has 0 radical (unpaired) electrons. The minimum Gasteiger partial charge on any atom is -0.491 e. The smallest absolute Gasteiger partial charge is 0.407 e. The van der Waals surface area contributed by atoms with Gasteiger partial charge in [-0.1, -0.05) is 87.5 Å². The molecule has 3 rings (SSSR count). The van der Waals surface area contributed by atoms with Crippen LogP contribution >= 0.6 is 0 Å². The average Bonchev–Trinajstić information content (AvgIpc) is 2.95. The van der Waals surface area contributed by atoms with Gasteiger partial charge in [0.15, 0.2) is 0 Å². The summed E-state index contributed by atoms with van der Waals surface area (Å²) in [4.78, 5) is 25.3. The fraction of sp³-hybridized carbons (Fsp3) is 0.500. The first-order chi connectivity index (χ1) is 22.3. The number of ether oxygens (including phenoxy) is 3. The van der Waals surface area contributed by atoms with Gasteiger partial charge in [-0.05, 0) is 101 Å². The minimum atomic E-state index is -2.87. The molecule has 8 heteroatoms. The van der Waals surface area contributed by atoms with Crippen molar-refractivity contribution < 1.29 is 28.2 Å². The topological polar surface area (TPSA) is 83.1 Å². The molecule has 0 bridgehead atoms. The molecular formula is C40H57NO6Si. The number of rotatable bonds is 13. The molecule has 0 spiro atoms. The van der Waals surface area contributed by atoms with Crippen LogP contribution in [0.5, 0.6) is 5.75 Å². The maximum atomic E-state index is 12.9. The van der Waals surface area contributed by atoms with E-state index in [4.69, 9.17) is 18.6 Å². The van der Waals surface area contributed by atoms with Gasteiger partial charge in [0.05, 0.1) is 12.7 Å². The zero-order valence-corrected chi connectivity index (χ0v) is 32.0. The summed E-state index contributed by atoms with van der Waals surface area (Å²) in [6.07, 6.45) is 0.660. The molecule has 1 amide bonds. The Morgan fingerprint density at radius 3 is 1.77 bits per heavy atom. The van der Waals surface area contributed by atoms with Gasteiger partial charge in [-0.15, -0.1) is 0 Å². The molecule has 3 aromatic carbocycles. The largest absolute Gasteiger partial charge is 0.491 e. The van der Waals surface area contributed by atoms with E-state index >= 15 is 0 Å². The summed E-state index contributed by atoms with van der Waals surface area (Å²) in [6.45, 7) is 22.6. The van der Waals surface area contributed by atoms with E-state index in [2.05, 4.69) is 80.7 Å². The van der Waals surface area contributed by atoms with E-state index in [1.165, 1.54) is 10.4 Å². The standard InChI is InChI=1S/C40H57NO6Si/c1-29(2)45-35-27-30(24-25-41-37(43)47-39(6,7)8)26-31(34(35)22-23-36(42)46-38(3,4)5)28-44-48(40(9,10)11,32-18-14-12-15-19-32)33-20-16-13-17-21-33/h12-21,26-27,29H,22-25,28H2,1-11H3,(H,41,43). The van der Waals surface area contributed by atoms with E-state index in [1.54, 1.807) is 0 Å². The summed E-state index contributed by atoms with van der Waals surface area (Å²) in [5.74, 6) is 0.451. The molecule has 7 nitrogen and oxygen atoms in total. The molecule has 0 aliphatic carbocycles. The lowest BCUT2D eigenvalue weighted by atomic mass is 9.97. The fourth-order valence-electron chi connectivity index (χ4n) is 5.87. The molecular weight excluding hydrogens is 619 g/mol. The van der Waals surface area contributed by atoms with Crippen LogP contribution in [0.2, 0.25) is 5.04 Å². The first kappa shape index (κ1) is 38.8. The molecule has 48 heavy (non-hydrogen) atoms. The zero-order chi connectivity index (χ0) is 35.8. The molecule has 0 heterocycles. The predicted octanol–water partition coefficient (Wildman–Crippen LogP) is 7.89. The number of amides is 1. The van der Waals surface area contributed by atoms with Crippen LogP contribution in [-0.4, -0.2) is 44.2 Å². The van der Waals surface area contributed by atoms with Gasteiger partial charge in [-0.3, -0.25) is 4.79 Å². The zero-order valence-electron chi connectivity index (χ0n) is 31.0. The monoisotopic (exact) mass is 675 g/mol. The van der Waals surface area contributed by atoms with E-state index in [0.717, 1.165) is 16.7 Å². The van der Waals surface area contributed by atoms with Gasteiger partial charge >= 0.3 is 12.1 Å². The van der Waals surface area contributed by atoms with Crippen LogP contribution in [0.4, 0.5) is 4.79 Å². The van der Waals surface area contributed by atoms with Crippen LogP contribution in [0.15, 0.2) is 72.8 Å². The summed E-state index contributed by atoms with van der Waals surface area (Å²) >= 11 is 0. The highest BCUT2D eigenvalue weighted by Gasteiger charge is 2.50. The third kappa shape index (κ3) is 11.2. The first-order valence-electron chi connectivity index (χ1n) is 17.1. The van der Waals surface area contributed by atoms with Crippen LogP contribution in [-0.2, 0) is 38.1 Å². The van der Waals surface area contributed by atoms with E-state index in [1.807, 2.05) is 73.6 Å². The Bertz CT molecular complexity index is 1440. The highest BCUT2D eigenvalue weighted by atomic mass is 28.4. The van der Waals surface area contributed by atoms with Gasteiger partial charge in [-0.25, -0.2) is 4.79 Å². The van der Waals surface area contributed by atoms with Crippen LogP contribution in [0.3, 0.4) is 0 Å². The van der Waals surface area contributed by atoms with Crippen LogP contribution in [0.1, 0.15) is 99.3 Å². The van der Waals surface area contributed by atoms with Gasteiger partial charge in [-0.2, -0.15) is 0 Å². The third-order valence-electron chi connectivity index (χ3n) is 7.67. The lowest BCUT2D eigenvalue weighted by Crippen LogP contribution is -2.66. The number of benzene rings is 3. The van der Waals surface area contributed by atoms with Crippen molar-refractivity contribution >= 4 is 30.8 Å². The average molecular weight is 676 g/mol. The van der Waals surface area contributed by atoms with Crippen molar-refractivity contribution in [1.82, 2.24) is 5.32 Å². The van der Waals surface area contributed by atoms with Crippen LogP contribution < -0.4 is 20.4 Å². The van der Waals surface area contributed by atoms with Crippen molar-refractivity contribution in [3.63, 3.8) is 0 Å². The molecule has 0 aliphatic rings. The molecule has 0 saturated carbocycles. The highest BCUT2D eigenvalue weighted by molar-refractivity contribution is 6.99. The van der Waals surface area contributed by atoms with Crippen LogP contribution in [0, 0.1) is 0 Å². The number of alkyl carbamates (subject to hydrolysis) is 1. The highest BCUT2D eigenvalue weighted by Crippen LogP contribution is 2.38. The Labute approximate surface area is 289 Å². The summed E-state index contributed by atoms with van der Waals surface area (Å²) in [7, 11) is -2.87. The Morgan fingerprint density at radius 2 is 1.29 bits per heavy atom. The lowest BCUT2D eigenvalue weighted by molar-refractivity contribution is -0.154. The minimum absolute atomic E-state index is 0.0918. The maximum Gasteiger partial charge on any atom is 0.407 e. The number of hydrogen-bond donors (Lipinski definition) is 1.